The molecule has 0 aromatic rings. The van der Waals surface area contributed by atoms with Crippen LogP contribution in [0.4, 0.5) is 0 Å². The number of hydrogen-bond acceptors (Lipinski definition) is 4. The van der Waals surface area contributed by atoms with Gasteiger partial charge in [-0.25, -0.2) is 0 Å². The second-order valence-corrected chi connectivity index (χ2v) is 12.2. The molecule has 0 N–H and O–H groups in total. The number of hydrogen-bond donors (Lipinski definition) is 0. The van der Waals surface area contributed by atoms with Crippen LogP contribution in [-0.2, 0) is 17.7 Å². The van der Waals surface area contributed by atoms with Crippen molar-refractivity contribution in [2.24, 2.45) is 0 Å². The highest BCUT2D eigenvalue weighted by Gasteiger charge is 2.51. The Hall–Kier alpha value is 0.0138. The summed E-state index contributed by atoms with van der Waals surface area (Å²) in [5, 5.41) is 0. The van der Waals surface area contributed by atoms with Gasteiger partial charge in [-0.1, -0.05) is 12.2 Å². The van der Waals surface area contributed by atoms with Crippen LogP contribution in [0.1, 0.15) is 12.8 Å². The summed E-state index contributed by atoms with van der Waals surface area (Å²) in [7, 11) is 2.50. The molecule has 0 bridgehead atoms. The maximum Gasteiger partial charge on any atom is 0.346 e. The Kier molecular flexibility index (Phi) is 5.55. The first-order chi connectivity index (χ1) is 8.05. The van der Waals surface area contributed by atoms with Gasteiger partial charge in [0.15, 0.2) is 0 Å². The molecular weight excluding hydrogens is 252 g/mol. The third-order valence-electron chi connectivity index (χ3n) is 3.70. The minimum absolute atomic E-state index is 0.412. The van der Waals surface area contributed by atoms with Crippen molar-refractivity contribution in [1.82, 2.24) is 0 Å². The van der Waals surface area contributed by atoms with E-state index in [1.807, 2.05) is 0 Å². The van der Waals surface area contributed by atoms with Gasteiger partial charge in [0.25, 0.3) is 0 Å². The van der Waals surface area contributed by atoms with Crippen molar-refractivity contribution in [3.8, 4) is 0 Å². The Bertz CT molecular complexity index is 262. The molecule has 6 heteroatoms. The second-order valence-electron chi connectivity index (χ2n) is 4.55. The summed E-state index contributed by atoms with van der Waals surface area (Å²) in [4.78, 5) is 0. The molecule has 0 fully saturated rings. The summed E-state index contributed by atoms with van der Waals surface area (Å²) >= 11 is 0. The lowest BCUT2D eigenvalue weighted by Crippen LogP contribution is -2.53. The van der Waals surface area contributed by atoms with E-state index in [2.05, 4.69) is 18.7 Å². The van der Waals surface area contributed by atoms with Gasteiger partial charge in [0.2, 0.25) is 0 Å². The van der Waals surface area contributed by atoms with Gasteiger partial charge in [0, 0.05) is 39.6 Å². The van der Waals surface area contributed by atoms with Gasteiger partial charge in [-0.3, -0.25) is 0 Å². The van der Waals surface area contributed by atoms with Gasteiger partial charge in [0.1, 0.15) is 0 Å². The van der Waals surface area contributed by atoms with Crippen LogP contribution >= 0.6 is 0 Å². The van der Waals surface area contributed by atoms with Crippen LogP contribution in [-0.4, -0.2) is 45.6 Å². The van der Waals surface area contributed by atoms with Crippen LogP contribution in [0, 0.1) is 0 Å². The van der Waals surface area contributed by atoms with E-state index in [-0.39, 0.29) is 0 Å². The maximum atomic E-state index is 5.81. The van der Waals surface area contributed by atoms with E-state index in [0.717, 1.165) is 18.5 Å². The fraction of sp³-hybridized carbons (Fsp3) is 0.818. The summed E-state index contributed by atoms with van der Waals surface area (Å²) in [6.45, 7) is 2.06. The van der Waals surface area contributed by atoms with Crippen LogP contribution < -0.4 is 0 Å². The van der Waals surface area contributed by atoms with Crippen molar-refractivity contribution in [3.05, 3.63) is 12.2 Å². The molecule has 0 amide bonds. The zero-order valence-electron chi connectivity index (χ0n) is 11.5. The van der Waals surface area contributed by atoms with Gasteiger partial charge in [-0.15, -0.1) is 0 Å². The van der Waals surface area contributed by atoms with Gasteiger partial charge in [0.05, 0.1) is 0 Å². The quantitative estimate of drug-likeness (QED) is 0.528. The molecule has 0 heterocycles. The van der Waals surface area contributed by atoms with Crippen LogP contribution in [0.15, 0.2) is 12.2 Å². The summed E-state index contributed by atoms with van der Waals surface area (Å²) in [5.41, 5.74) is 1.21. The highest BCUT2D eigenvalue weighted by atomic mass is 28.4. The van der Waals surface area contributed by atoms with Gasteiger partial charge >= 0.3 is 17.1 Å². The van der Waals surface area contributed by atoms with E-state index in [4.69, 9.17) is 17.7 Å². The van der Waals surface area contributed by atoms with E-state index < -0.39 is 17.1 Å². The first-order valence-electron chi connectivity index (χ1n) is 5.93. The van der Waals surface area contributed by atoms with E-state index in [1.165, 1.54) is 0 Å². The van der Waals surface area contributed by atoms with Crippen molar-refractivity contribution < 1.29 is 17.7 Å². The van der Waals surface area contributed by atoms with E-state index in [0.29, 0.717) is 5.54 Å². The summed E-state index contributed by atoms with van der Waals surface area (Å²) in [6.07, 6.45) is 6.68. The lowest BCUT2D eigenvalue weighted by Gasteiger charge is -2.37. The molecule has 0 aromatic carbocycles. The predicted molar refractivity (Wildman–Crippen MR) is 72.3 cm³/mol. The molecule has 0 radical (unpaired) electrons. The molecule has 1 rings (SSSR count). The lowest BCUT2D eigenvalue weighted by molar-refractivity contribution is 0.217. The normalized spacial score (nSPS) is 21.1. The molecule has 1 aliphatic rings. The third kappa shape index (κ3) is 3.27. The lowest BCUT2D eigenvalue weighted by atomic mass is 10.4. The number of allylic oxidation sites excluding steroid dienone is 2. The molecule has 0 spiro atoms. The van der Waals surface area contributed by atoms with E-state index >= 15 is 0 Å². The molecule has 4 nitrogen and oxygen atoms in total. The SMILES string of the molecule is CO[Si](C)(C[Si](OC)(OC)C1C=CCC1)OC. The minimum Gasteiger partial charge on any atom is -0.398 e. The van der Waals surface area contributed by atoms with Crippen LogP contribution in [0.5, 0.6) is 0 Å². The molecule has 0 saturated carbocycles. The summed E-state index contributed by atoms with van der Waals surface area (Å²) < 4.78 is 22.8. The highest BCUT2D eigenvalue weighted by Crippen LogP contribution is 2.39. The second kappa shape index (κ2) is 6.26. The fourth-order valence-corrected chi connectivity index (χ4v) is 11.2. The topological polar surface area (TPSA) is 36.9 Å². The molecule has 0 aromatic heterocycles. The van der Waals surface area contributed by atoms with Gasteiger partial charge < -0.3 is 17.7 Å². The Morgan fingerprint density at radius 3 is 2.00 bits per heavy atom. The highest BCUT2D eigenvalue weighted by molar-refractivity contribution is 6.86. The zero-order valence-corrected chi connectivity index (χ0v) is 13.5. The Balaban J connectivity index is 2.87. The largest absolute Gasteiger partial charge is 0.398 e. The smallest absolute Gasteiger partial charge is 0.346 e. The van der Waals surface area contributed by atoms with Crippen molar-refractivity contribution in [3.63, 3.8) is 0 Å². The predicted octanol–water partition coefficient (Wildman–Crippen LogP) is 2.35. The average molecular weight is 276 g/mol. The van der Waals surface area contributed by atoms with Crippen molar-refractivity contribution >= 4 is 17.1 Å². The van der Waals surface area contributed by atoms with Crippen LogP contribution in [0.3, 0.4) is 0 Å². The van der Waals surface area contributed by atoms with Crippen molar-refractivity contribution in [2.45, 2.75) is 30.6 Å². The van der Waals surface area contributed by atoms with Gasteiger partial charge in [-0.05, 0) is 19.4 Å². The number of rotatable bonds is 7. The Morgan fingerprint density at radius 1 is 1.06 bits per heavy atom. The molecule has 0 aliphatic heterocycles. The molecule has 1 atom stereocenters. The Morgan fingerprint density at radius 2 is 1.65 bits per heavy atom. The molecule has 0 saturated heterocycles. The Labute approximate surface area is 106 Å². The third-order valence-corrected chi connectivity index (χ3v) is 13.0. The molecule has 1 unspecified atom stereocenters. The van der Waals surface area contributed by atoms with E-state index in [1.54, 1.807) is 28.4 Å². The molecular formula is C11H24O4Si2. The average Bonchev–Trinajstić information content (AvgIpc) is 2.90. The molecule has 17 heavy (non-hydrogen) atoms. The molecule has 100 valence electrons. The zero-order chi connectivity index (χ0) is 12.9. The summed E-state index contributed by atoms with van der Waals surface area (Å²) in [5.74, 6) is 0. The molecule has 1 aliphatic carbocycles. The standard InChI is InChI=1S/C11H24O4Si2/c1-12-16(5,13-2)10-17(14-3,15-4)11-8-6-7-9-11/h6,8,11H,7,9-10H2,1-5H3. The fourth-order valence-electron chi connectivity index (χ4n) is 2.34. The van der Waals surface area contributed by atoms with Crippen molar-refractivity contribution in [2.75, 3.05) is 28.4 Å². The summed E-state index contributed by atoms with van der Waals surface area (Å²) in [6, 6.07) is 0. The van der Waals surface area contributed by atoms with Crippen molar-refractivity contribution in [1.29, 1.82) is 0 Å². The monoisotopic (exact) mass is 276 g/mol. The van der Waals surface area contributed by atoms with Crippen LogP contribution in [0.2, 0.25) is 17.8 Å². The van der Waals surface area contributed by atoms with Gasteiger partial charge in [-0.2, -0.15) is 0 Å². The van der Waals surface area contributed by atoms with Crippen LogP contribution in [0.25, 0.3) is 0 Å². The van der Waals surface area contributed by atoms with E-state index in [9.17, 15) is 0 Å². The first-order valence-corrected chi connectivity index (χ1v) is 10.6. The minimum atomic E-state index is -2.26. The maximum absolute atomic E-state index is 5.81. The first kappa shape index (κ1) is 15.1.